The largest absolute Gasteiger partial charge is 0.489 e. The van der Waals surface area contributed by atoms with Crippen molar-refractivity contribution < 1.29 is 23.4 Å². The Kier molecular flexibility index (Phi) is 8.78. The van der Waals surface area contributed by atoms with E-state index < -0.39 is 11.8 Å². The number of carboxylic acids is 1. The Morgan fingerprint density at radius 2 is 2.00 bits per heavy atom. The molecule has 3 N–H and O–H groups in total. The molecule has 4 aromatic rings. The zero-order valence-corrected chi connectivity index (χ0v) is 23.6. The van der Waals surface area contributed by atoms with Crippen LogP contribution in [0.5, 0.6) is 5.75 Å². The van der Waals surface area contributed by atoms with E-state index in [9.17, 15) is 9.90 Å². The number of furan rings is 1. The van der Waals surface area contributed by atoms with Crippen LogP contribution in [-0.2, 0) is 24.4 Å². The summed E-state index contributed by atoms with van der Waals surface area (Å²) in [7, 11) is 6.07. The number of para-hydroxylation sites is 1. The predicted octanol–water partition coefficient (Wildman–Crippen LogP) is 7.04. The number of benzene rings is 2. The summed E-state index contributed by atoms with van der Waals surface area (Å²) >= 11 is 0. The van der Waals surface area contributed by atoms with Crippen LogP contribution in [-0.4, -0.2) is 23.9 Å². The normalized spacial score (nSPS) is 17.5. The summed E-state index contributed by atoms with van der Waals surface area (Å²) in [4.78, 5) is 15.4. The molecule has 0 amide bonds. The number of aromatic nitrogens is 1. The van der Waals surface area contributed by atoms with Gasteiger partial charge in [0.2, 0.25) is 0 Å². The maximum absolute atomic E-state index is 15.5. The molecule has 1 aliphatic rings. The van der Waals surface area contributed by atoms with E-state index in [1.54, 1.807) is 30.5 Å². The molecule has 5 rings (SSSR count). The van der Waals surface area contributed by atoms with Crippen molar-refractivity contribution in [3.8, 4) is 16.9 Å². The molecule has 0 bridgehead atoms. The number of ether oxygens (including phenoxy) is 1. The molecule has 3 unspecified atom stereocenters. The molecule has 0 saturated heterocycles. The Balaban J connectivity index is 1.52. The van der Waals surface area contributed by atoms with Gasteiger partial charge in [-0.1, -0.05) is 38.4 Å². The topological polar surface area (TPSA) is 98.6 Å². The molecule has 2 radical (unpaired) electrons. The van der Waals surface area contributed by atoms with Crippen LogP contribution in [0.25, 0.3) is 22.1 Å². The average Bonchev–Trinajstić information content (AvgIpc) is 3.34. The molecular weight excluding hydrogens is 518 g/mol. The predicted molar refractivity (Wildman–Crippen MR) is 158 cm³/mol. The summed E-state index contributed by atoms with van der Waals surface area (Å²) in [5, 5.41) is 10.2. The number of hydrogen-bond donors (Lipinski definition) is 2. The molecule has 2 aromatic carbocycles. The number of pyridine rings is 1. The van der Waals surface area contributed by atoms with E-state index in [4.69, 9.17) is 22.7 Å². The van der Waals surface area contributed by atoms with Crippen LogP contribution >= 0.6 is 0 Å². The average molecular weight is 554 g/mol. The zero-order valence-electron chi connectivity index (χ0n) is 23.6. The minimum Gasteiger partial charge on any atom is -0.489 e. The number of rotatable bonds is 12. The maximum Gasteiger partial charge on any atom is 0.307 e. The Labute approximate surface area is 241 Å². The standard InChI is InChI=1S/C33H36BFN2O4/c1-19(2)24(16-34)13-21-7-8-25(21)30-14-23-11-20(18-40-29-6-4-3-5-22(29)15-31(38)39)12-27(33(23)41-30)26-9-10-37-28(17-36)32(26)35/h3-6,9-12,14,19,21,24-25H,7-8,13,15-18,36H2,1-2H3,(H,38,39). The lowest BCUT2D eigenvalue weighted by molar-refractivity contribution is -0.136. The van der Waals surface area contributed by atoms with Crippen LogP contribution in [0.3, 0.4) is 0 Å². The van der Waals surface area contributed by atoms with Crippen LogP contribution in [0.4, 0.5) is 4.39 Å². The summed E-state index contributed by atoms with van der Waals surface area (Å²) in [5.41, 5.74) is 8.94. The lowest BCUT2D eigenvalue weighted by Gasteiger charge is -2.38. The molecule has 0 aliphatic heterocycles. The number of hydrogen-bond acceptors (Lipinski definition) is 5. The maximum atomic E-state index is 15.5. The third-order valence-corrected chi connectivity index (χ3v) is 8.48. The minimum absolute atomic E-state index is 0.0166. The molecule has 3 atom stereocenters. The lowest BCUT2D eigenvalue weighted by Crippen LogP contribution is -2.27. The van der Waals surface area contributed by atoms with Gasteiger partial charge in [0, 0.05) is 40.7 Å². The smallest absolute Gasteiger partial charge is 0.307 e. The highest BCUT2D eigenvalue weighted by atomic mass is 19.1. The van der Waals surface area contributed by atoms with Crippen molar-refractivity contribution in [3.05, 3.63) is 83.1 Å². The van der Waals surface area contributed by atoms with Crippen LogP contribution in [0.15, 0.2) is 59.1 Å². The van der Waals surface area contributed by atoms with Gasteiger partial charge < -0.3 is 20.0 Å². The monoisotopic (exact) mass is 554 g/mol. The summed E-state index contributed by atoms with van der Waals surface area (Å²) in [5.74, 6) is 1.81. The first-order valence-corrected chi connectivity index (χ1v) is 14.3. The van der Waals surface area contributed by atoms with Crippen molar-refractivity contribution in [1.82, 2.24) is 4.98 Å². The van der Waals surface area contributed by atoms with Crippen LogP contribution in [0.1, 0.15) is 61.6 Å². The van der Waals surface area contributed by atoms with Gasteiger partial charge in [-0.15, -0.1) is 0 Å². The van der Waals surface area contributed by atoms with Crippen LogP contribution in [0, 0.1) is 23.6 Å². The first kappa shape index (κ1) is 28.9. The second-order valence-corrected chi connectivity index (χ2v) is 11.4. The summed E-state index contributed by atoms with van der Waals surface area (Å²) in [6, 6.07) is 14.7. The number of nitrogens with zero attached hydrogens (tertiary/aromatic N) is 1. The minimum atomic E-state index is -0.931. The number of nitrogens with two attached hydrogens (primary N) is 1. The number of carboxylic acid groups (broad SMARTS) is 1. The van der Waals surface area contributed by atoms with Gasteiger partial charge in [-0.3, -0.25) is 9.78 Å². The SMILES string of the molecule is [B]CC(CC1CCC1c1cc2cc(COc3ccccc3CC(=O)O)cc(-c3ccnc(CN)c3F)c2o1)C(C)C. The van der Waals surface area contributed by atoms with Gasteiger partial charge in [-0.05, 0) is 72.9 Å². The van der Waals surface area contributed by atoms with Crippen LogP contribution in [0.2, 0.25) is 6.32 Å². The van der Waals surface area contributed by atoms with Crippen molar-refractivity contribution in [2.75, 3.05) is 0 Å². The first-order valence-electron chi connectivity index (χ1n) is 14.3. The number of halogens is 1. The quantitative estimate of drug-likeness (QED) is 0.182. The highest BCUT2D eigenvalue weighted by Gasteiger charge is 2.36. The molecule has 0 spiro atoms. The summed E-state index contributed by atoms with van der Waals surface area (Å²) in [6.45, 7) is 4.61. The Hall–Kier alpha value is -3.65. The van der Waals surface area contributed by atoms with Crippen LogP contribution < -0.4 is 10.5 Å². The fraction of sp³-hybridized carbons (Fsp3) is 0.394. The highest BCUT2D eigenvalue weighted by molar-refractivity contribution is 6.08. The van der Waals surface area contributed by atoms with Crippen molar-refractivity contribution in [3.63, 3.8) is 0 Å². The summed E-state index contributed by atoms with van der Waals surface area (Å²) < 4.78 is 28.1. The Morgan fingerprint density at radius 1 is 1.20 bits per heavy atom. The fourth-order valence-corrected chi connectivity index (χ4v) is 5.91. The molecule has 41 heavy (non-hydrogen) atoms. The number of fused-ring (bicyclic) bond motifs is 1. The van der Waals surface area contributed by atoms with Gasteiger partial charge >= 0.3 is 5.97 Å². The van der Waals surface area contributed by atoms with E-state index in [0.29, 0.717) is 58.0 Å². The van der Waals surface area contributed by atoms with E-state index in [-0.39, 0.29) is 25.3 Å². The first-order chi connectivity index (χ1) is 19.8. The molecule has 2 aromatic heterocycles. The summed E-state index contributed by atoms with van der Waals surface area (Å²) in [6.07, 6.45) is 5.35. The second-order valence-electron chi connectivity index (χ2n) is 11.4. The number of aliphatic carboxylic acids is 1. The van der Waals surface area contributed by atoms with Crippen molar-refractivity contribution in [1.29, 1.82) is 0 Å². The third-order valence-electron chi connectivity index (χ3n) is 8.48. The fourth-order valence-electron chi connectivity index (χ4n) is 5.91. The lowest BCUT2D eigenvalue weighted by atomic mass is 9.65. The Bertz CT molecular complexity index is 1540. The third kappa shape index (κ3) is 6.18. The van der Waals surface area contributed by atoms with Crippen molar-refractivity contribution in [2.24, 2.45) is 23.5 Å². The number of carbonyl (C=O) groups is 1. The van der Waals surface area contributed by atoms with Gasteiger partial charge in [0.05, 0.1) is 20.0 Å². The zero-order chi connectivity index (χ0) is 29.1. The van der Waals surface area contributed by atoms with Gasteiger partial charge in [0.1, 0.15) is 23.7 Å². The molecular formula is C33H36BFN2O4. The van der Waals surface area contributed by atoms with Crippen molar-refractivity contribution in [2.45, 2.75) is 64.9 Å². The van der Waals surface area contributed by atoms with Gasteiger partial charge in [-0.25, -0.2) is 4.39 Å². The van der Waals surface area contributed by atoms with Gasteiger partial charge in [0.25, 0.3) is 0 Å². The Morgan fingerprint density at radius 3 is 2.68 bits per heavy atom. The molecule has 2 heterocycles. The van der Waals surface area contributed by atoms with Crippen molar-refractivity contribution >= 4 is 24.8 Å². The molecule has 1 aliphatic carbocycles. The van der Waals surface area contributed by atoms with Gasteiger partial charge in [0.15, 0.2) is 5.82 Å². The van der Waals surface area contributed by atoms with E-state index in [0.717, 1.165) is 36.0 Å². The molecule has 1 saturated carbocycles. The van der Waals surface area contributed by atoms with E-state index in [1.165, 1.54) is 0 Å². The van der Waals surface area contributed by atoms with Gasteiger partial charge in [-0.2, -0.15) is 0 Å². The second kappa shape index (κ2) is 12.5. The van der Waals surface area contributed by atoms with E-state index in [1.807, 2.05) is 18.2 Å². The molecule has 6 nitrogen and oxygen atoms in total. The molecule has 8 heteroatoms. The highest BCUT2D eigenvalue weighted by Crippen LogP contribution is 2.49. The van der Waals surface area contributed by atoms with E-state index >= 15 is 4.39 Å². The van der Waals surface area contributed by atoms with E-state index in [2.05, 4.69) is 24.9 Å². The molecule has 212 valence electrons. The molecule has 1 fully saturated rings.